The molecule has 1 aliphatic rings. The van der Waals surface area contributed by atoms with Crippen LogP contribution < -0.4 is 15.0 Å². The highest BCUT2D eigenvalue weighted by Gasteiger charge is 2.23. The van der Waals surface area contributed by atoms with Crippen molar-refractivity contribution in [3.05, 3.63) is 58.6 Å². The first-order valence-corrected chi connectivity index (χ1v) is 10.7. The fraction of sp³-hybridized carbons (Fsp3) is 0.435. The SMILES string of the molecule is CCOc1cc(N(C)C)c(Cl)cc1C(=O)NCC1CN(Cc2ccccc2)CCO1. The molecule has 1 saturated heterocycles. The van der Waals surface area contributed by atoms with Crippen LogP contribution >= 0.6 is 11.6 Å². The number of rotatable bonds is 8. The highest BCUT2D eigenvalue weighted by Crippen LogP contribution is 2.32. The van der Waals surface area contributed by atoms with Gasteiger partial charge in [0.1, 0.15) is 5.75 Å². The Kier molecular flexibility index (Phi) is 7.96. The molecule has 0 saturated carbocycles. The number of morpholine rings is 1. The van der Waals surface area contributed by atoms with Crippen LogP contribution in [0.5, 0.6) is 5.75 Å². The molecule has 1 aliphatic heterocycles. The number of carbonyl (C=O) groups is 1. The normalized spacial score (nSPS) is 16.9. The molecule has 0 aliphatic carbocycles. The summed E-state index contributed by atoms with van der Waals surface area (Å²) in [6, 6.07) is 13.9. The van der Waals surface area contributed by atoms with E-state index in [4.69, 9.17) is 21.1 Å². The largest absolute Gasteiger partial charge is 0.493 e. The highest BCUT2D eigenvalue weighted by atomic mass is 35.5. The molecule has 30 heavy (non-hydrogen) atoms. The minimum absolute atomic E-state index is 0.0570. The quantitative estimate of drug-likeness (QED) is 0.694. The average Bonchev–Trinajstić information content (AvgIpc) is 2.74. The van der Waals surface area contributed by atoms with Crippen molar-refractivity contribution in [2.24, 2.45) is 0 Å². The Morgan fingerprint density at radius 1 is 1.30 bits per heavy atom. The zero-order valence-electron chi connectivity index (χ0n) is 17.9. The van der Waals surface area contributed by atoms with Crippen LogP contribution in [0, 0.1) is 0 Å². The summed E-state index contributed by atoms with van der Waals surface area (Å²) in [6.07, 6.45) is -0.0570. The van der Waals surface area contributed by atoms with Crippen LogP contribution in [0.2, 0.25) is 5.02 Å². The number of nitrogens with one attached hydrogen (secondary N) is 1. The number of amides is 1. The van der Waals surface area contributed by atoms with E-state index in [1.165, 1.54) is 5.56 Å². The predicted octanol–water partition coefficient (Wildman–Crippen LogP) is 3.44. The van der Waals surface area contributed by atoms with Crippen LogP contribution in [0.4, 0.5) is 5.69 Å². The van der Waals surface area contributed by atoms with Gasteiger partial charge in [-0.05, 0) is 18.6 Å². The number of halogens is 1. The Balaban J connectivity index is 1.61. The van der Waals surface area contributed by atoms with Crippen LogP contribution in [-0.4, -0.2) is 63.9 Å². The van der Waals surface area contributed by atoms with E-state index in [1.807, 2.05) is 32.0 Å². The molecule has 0 radical (unpaired) electrons. The smallest absolute Gasteiger partial charge is 0.255 e. The minimum atomic E-state index is -0.213. The Bertz CT molecular complexity index is 845. The molecule has 1 unspecified atom stereocenters. The molecule has 162 valence electrons. The van der Waals surface area contributed by atoms with E-state index >= 15 is 0 Å². The number of nitrogens with zero attached hydrogens (tertiary/aromatic N) is 2. The summed E-state index contributed by atoms with van der Waals surface area (Å²) in [5.74, 6) is 0.313. The van der Waals surface area contributed by atoms with Gasteiger partial charge >= 0.3 is 0 Å². The van der Waals surface area contributed by atoms with Crippen molar-refractivity contribution in [2.75, 3.05) is 51.8 Å². The molecule has 1 fully saturated rings. The monoisotopic (exact) mass is 431 g/mol. The van der Waals surface area contributed by atoms with Gasteiger partial charge < -0.3 is 19.7 Å². The average molecular weight is 432 g/mol. The van der Waals surface area contributed by atoms with Crippen molar-refractivity contribution < 1.29 is 14.3 Å². The summed E-state index contributed by atoms with van der Waals surface area (Å²) < 4.78 is 11.6. The Morgan fingerprint density at radius 2 is 2.07 bits per heavy atom. The van der Waals surface area contributed by atoms with E-state index < -0.39 is 0 Å². The number of anilines is 1. The summed E-state index contributed by atoms with van der Waals surface area (Å²) in [7, 11) is 3.80. The standard InChI is InChI=1S/C23H30ClN3O3/c1-4-29-22-13-21(26(2)3)20(24)12-19(22)23(28)25-14-18-16-27(10-11-30-18)15-17-8-6-5-7-9-17/h5-9,12-13,18H,4,10-11,14-16H2,1-3H3,(H,25,28). The van der Waals surface area contributed by atoms with Crippen molar-refractivity contribution in [1.82, 2.24) is 10.2 Å². The zero-order valence-corrected chi connectivity index (χ0v) is 18.6. The lowest BCUT2D eigenvalue weighted by Gasteiger charge is -2.33. The molecule has 2 aromatic rings. The fourth-order valence-electron chi connectivity index (χ4n) is 3.53. The van der Waals surface area contributed by atoms with Crippen LogP contribution in [-0.2, 0) is 11.3 Å². The molecule has 1 atom stereocenters. The first kappa shape index (κ1) is 22.4. The molecular weight excluding hydrogens is 402 g/mol. The number of ether oxygens (including phenoxy) is 2. The van der Waals surface area contributed by atoms with Crippen molar-refractivity contribution in [3.8, 4) is 5.75 Å². The van der Waals surface area contributed by atoms with E-state index in [0.29, 0.717) is 36.1 Å². The Hall–Kier alpha value is -2.28. The van der Waals surface area contributed by atoms with E-state index in [0.717, 1.165) is 25.3 Å². The van der Waals surface area contributed by atoms with E-state index in [9.17, 15) is 4.79 Å². The third-order valence-electron chi connectivity index (χ3n) is 5.04. The summed E-state index contributed by atoms with van der Waals surface area (Å²) in [6.45, 7) is 5.98. The predicted molar refractivity (Wildman–Crippen MR) is 121 cm³/mol. The third kappa shape index (κ3) is 5.88. The van der Waals surface area contributed by atoms with Crippen LogP contribution in [0.25, 0.3) is 0 Å². The maximum atomic E-state index is 12.9. The van der Waals surface area contributed by atoms with Crippen LogP contribution in [0.15, 0.2) is 42.5 Å². The van der Waals surface area contributed by atoms with Gasteiger partial charge in [0.2, 0.25) is 0 Å². The number of carbonyl (C=O) groups excluding carboxylic acids is 1. The maximum absolute atomic E-state index is 12.9. The molecule has 0 spiro atoms. The Morgan fingerprint density at radius 3 is 2.77 bits per heavy atom. The summed E-state index contributed by atoms with van der Waals surface area (Å²) in [4.78, 5) is 17.1. The van der Waals surface area contributed by atoms with E-state index in [1.54, 1.807) is 12.1 Å². The number of hydrogen-bond donors (Lipinski definition) is 1. The van der Waals surface area contributed by atoms with E-state index in [-0.39, 0.29) is 12.0 Å². The first-order chi connectivity index (χ1) is 14.5. The Labute approximate surface area is 183 Å². The van der Waals surface area contributed by atoms with Crippen molar-refractivity contribution >= 4 is 23.2 Å². The lowest BCUT2D eigenvalue weighted by Crippen LogP contribution is -2.47. The van der Waals surface area contributed by atoms with Gasteiger partial charge in [0.15, 0.2) is 0 Å². The van der Waals surface area contributed by atoms with Crippen molar-refractivity contribution in [1.29, 1.82) is 0 Å². The summed E-state index contributed by atoms with van der Waals surface area (Å²) in [5.41, 5.74) is 2.52. The van der Waals surface area contributed by atoms with Crippen molar-refractivity contribution in [3.63, 3.8) is 0 Å². The van der Waals surface area contributed by atoms with Crippen LogP contribution in [0.1, 0.15) is 22.8 Å². The van der Waals surface area contributed by atoms with Gasteiger partial charge in [0.25, 0.3) is 5.91 Å². The molecule has 6 nitrogen and oxygen atoms in total. The van der Waals surface area contributed by atoms with Gasteiger partial charge in [-0.2, -0.15) is 0 Å². The van der Waals surface area contributed by atoms with Gasteiger partial charge in [0, 0.05) is 46.3 Å². The topological polar surface area (TPSA) is 54.0 Å². The summed E-state index contributed by atoms with van der Waals surface area (Å²) >= 11 is 6.38. The lowest BCUT2D eigenvalue weighted by molar-refractivity contribution is -0.0292. The molecule has 2 aromatic carbocycles. The third-order valence-corrected chi connectivity index (χ3v) is 5.34. The van der Waals surface area contributed by atoms with E-state index in [2.05, 4.69) is 34.5 Å². The van der Waals surface area contributed by atoms with Crippen LogP contribution in [0.3, 0.4) is 0 Å². The molecule has 1 amide bonds. The van der Waals surface area contributed by atoms with Gasteiger partial charge in [0.05, 0.1) is 35.6 Å². The number of benzene rings is 2. The van der Waals surface area contributed by atoms with Gasteiger partial charge in [-0.15, -0.1) is 0 Å². The first-order valence-electron chi connectivity index (χ1n) is 10.3. The van der Waals surface area contributed by atoms with Gasteiger partial charge in [-0.1, -0.05) is 41.9 Å². The molecular formula is C23H30ClN3O3. The second-order valence-electron chi connectivity index (χ2n) is 7.55. The molecule has 0 aromatic heterocycles. The molecule has 0 bridgehead atoms. The second-order valence-corrected chi connectivity index (χ2v) is 7.96. The molecule has 7 heteroatoms. The molecule has 3 rings (SSSR count). The number of hydrogen-bond acceptors (Lipinski definition) is 5. The lowest BCUT2D eigenvalue weighted by atomic mass is 10.1. The minimum Gasteiger partial charge on any atom is -0.493 e. The van der Waals surface area contributed by atoms with Gasteiger partial charge in [-0.3, -0.25) is 9.69 Å². The molecule has 1 heterocycles. The maximum Gasteiger partial charge on any atom is 0.255 e. The second kappa shape index (κ2) is 10.7. The zero-order chi connectivity index (χ0) is 21.5. The molecule has 1 N–H and O–H groups in total. The van der Waals surface area contributed by atoms with Crippen molar-refractivity contribution in [2.45, 2.75) is 19.6 Å². The highest BCUT2D eigenvalue weighted by molar-refractivity contribution is 6.33. The van der Waals surface area contributed by atoms with Gasteiger partial charge in [-0.25, -0.2) is 0 Å². The summed E-state index contributed by atoms with van der Waals surface area (Å²) in [5, 5.41) is 3.50. The fourth-order valence-corrected chi connectivity index (χ4v) is 3.86.